The van der Waals surface area contributed by atoms with Crippen LogP contribution in [0.5, 0.6) is 0 Å². The van der Waals surface area contributed by atoms with Crippen LogP contribution in [0.1, 0.15) is 11.1 Å². The van der Waals surface area contributed by atoms with Crippen LogP contribution in [0, 0.1) is 13.8 Å². The maximum Gasteiger partial charge on any atom is 0.0740 e. The Kier molecular flexibility index (Phi) is 2.92. The lowest BCUT2D eigenvalue weighted by molar-refractivity contribution is 0.885. The molecular weight excluding hydrogens is 232 g/mol. The Bertz CT molecular complexity index is 676. The van der Waals surface area contributed by atoms with Crippen molar-refractivity contribution in [2.45, 2.75) is 13.8 Å². The first-order valence-corrected chi connectivity index (χ1v) is 6.42. The van der Waals surface area contributed by atoms with Crippen LogP contribution >= 0.6 is 0 Å². The van der Waals surface area contributed by atoms with E-state index >= 15 is 0 Å². The highest BCUT2D eigenvalue weighted by Crippen LogP contribution is 2.23. The van der Waals surface area contributed by atoms with Crippen LogP contribution in [-0.2, 0) is 0 Å². The average molecular weight is 248 g/mol. The van der Waals surface area contributed by atoms with E-state index in [2.05, 4.69) is 49.3 Å². The molecule has 3 aromatic rings. The van der Waals surface area contributed by atoms with Crippen molar-refractivity contribution in [2.75, 3.05) is 0 Å². The molecule has 0 unspecified atom stereocenters. The molecule has 2 heteroatoms. The predicted molar refractivity (Wildman–Crippen MR) is 78.5 cm³/mol. The van der Waals surface area contributed by atoms with Crippen molar-refractivity contribution < 1.29 is 0 Å². The summed E-state index contributed by atoms with van der Waals surface area (Å²) in [5, 5.41) is 4.46. The Morgan fingerprint density at radius 3 is 2.21 bits per heavy atom. The summed E-state index contributed by atoms with van der Waals surface area (Å²) in [5.74, 6) is 0. The molecule has 0 radical (unpaired) electrons. The second-order valence-corrected chi connectivity index (χ2v) is 4.84. The molecule has 0 aliphatic rings. The van der Waals surface area contributed by atoms with Crippen molar-refractivity contribution in [1.82, 2.24) is 9.78 Å². The van der Waals surface area contributed by atoms with Gasteiger partial charge < -0.3 is 0 Å². The number of hydrogen-bond acceptors (Lipinski definition) is 1. The van der Waals surface area contributed by atoms with E-state index in [4.69, 9.17) is 0 Å². The summed E-state index contributed by atoms with van der Waals surface area (Å²) in [5.41, 5.74) is 5.92. The minimum absolute atomic E-state index is 1.11. The zero-order valence-corrected chi connectivity index (χ0v) is 11.2. The van der Waals surface area contributed by atoms with Crippen LogP contribution in [0.3, 0.4) is 0 Å². The van der Waals surface area contributed by atoms with Gasteiger partial charge in [0.1, 0.15) is 0 Å². The fourth-order valence-electron chi connectivity index (χ4n) is 2.41. The van der Waals surface area contributed by atoms with Crippen molar-refractivity contribution in [3.05, 3.63) is 71.9 Å². The number of aryl methyl sites for hydroxylation is 2. The molecule has 0 aliphatic carbocycles. The van der Waals surface area contributed by atoms with Gasteiger partial charge in [-0.1, -0.05) is 36.4 Å². The zero-order valence-electron chi connectivity index (χ0n) is 11.2. The van der Waals surface area contributed by atoms with Gasteiger partial charge in [0.25, 0.3) is 0 Å². The molecule has 0 saturated carbocycles. The molecule has 3 rings (SSSR count). The number of benzene rings is 2. The molecule has 2 nitrogen and oxygen atoms in total. The molecule has 94 valence electrons. The summed E-state index contributed by atoms with van der Waals surface area (Å²) in [4.78, 5) is 0. The smallest absolute Gasteiger partial charge is 0.0740 e. The first-order chi connectivity index (χ1) is 9.24. The van der Waals surface area contributed by atoms with E-state index in [0.29, 0.717) is 0 Å². The van der Waals surface area contributed by atoms with Gasteiger partial charge in [0.2, 0.25) is 0 Å². The van der Waals surface area contributed by atoms with Crippen LogP contribution in [0.2, 0.25) is 0 Å². The van der Waals surface area contributed by atoms with Gasteiger partial charge in [-0.2, -0.15) is 5.10 Å². The van der Waals surface area contributed by atoms with Crippen LogP contribution in [0.25, 0.3) is 16.9 Å². The van der Waals surface area contributed by atoms with E-state index in [9.17, 15) is 0 Å². The Hall–Kier alpha value is -2.35. The fourth-order valence-corrected chi connectivity index (χ4v) is 2.41. The second kappa shape index (κ2) is 4.73. The van der Waals surface area contributed by atoms with Gasteiger partial charge in [0, 0.05) is 5.56 Å². The van der Waals surface area contributed by atoms with Crippen molar-refractivity contribution in [2.24, 2.45) is 0 Å². The predicted octanol–water partition coefficient (Wildman–Crippen LogP) is 4.16. The molecule has 1 aromatic heterocycles. The number of nitrogens with zero attached hydrogens (tertiary/aromatic N) is 2. The van der Waals surface area contributed by atoms with Crippen molar-refractivity contribution >= 4 is 0 Å². The quantitative estimate of drug-likeness (QED) is 0.666. The molecule has 0 spiro atoms. The molecule has 1 heterocycles. The maximum atomic E-state index is 4.46. The third-order valence-electron chi connectivity index (χ3n) is 3.16. The molecule has 0 fully saturated rings. The number of rotatable bonds is 2. The summed E-state index contributed by atoms with van der Waals surface area (Å²) >= 11 is 0. The van der Waals surface area contributed by atoms with E-state index in [1.807, 2.05) is 35.1 Å². The van der Waals surface area contributed by atoms with Crippen molar-refractivity contribution in [1.29, 1.82) is 0 Å². The minimum Gasteiger partial charge on any atom is -0.233 e. The topological polar surface area (TPSA) is 17.8 Å². The van der Waals surface area contributed by atoms with E-state index in [1.165, 1.54) is 16.7 Å². The van der Waals surface area contributed by atoms with Gasteiger partial charge in [0.15, 0.2) is 0 Å². The van der Waals surface area contributed by atoms with Gasteiger partial charge in [-0.05, 0) is 43.2 Å². The summed E-state index contributed by atoms with van der Waals surface area (Å²) in [6.45, 7) is 4.23. The Morgan fingerprint density at radius 1 is 0.842 bits per heavy atom. The fraction of sp³-hybridized carbons (Fsp3) is 0.118. The van der Waals surface area contributed by atoms with Gasteiger partial charge in [0.05, 0.1) is 17.6 Å². The molecule has 0 bridgehead atoms. The second-order valence-electron chi connectivity index (χ2n) is 4.84. The van der Waals surface area contributed by atoms with Crippen LogP contribution in [-0.4, -0.2) is 9.78 Å². The van der Waals surface area contributed by atoms with Crippen LogP contribution in [0.15, 0.2) is 60.8 Å². The molecule has 2 aromatic carbocycles. The van der Waals surface area contributed by atoms with E-state index in [0.717, 1.165) is 11.4 Å². The lowest BCUT2D eigenvalue weighted by atomic mass is 10.1. The van der Waals surface area contributed by atoms with Gasteiger partial charge in [-0.25, -0.2) is 4.68 Å². The van der Waals surface area contributed by atoms with Crippen LogP contribution < -0.4 is 0 Å². The highest BCUT2D eigenvalue weighted by Gasteiger charge is 2.07. The highest BCUT2D eigenvalue weighted by molar-refractivity contribution is 5.62. The summed E-state index contributed by atoms with van der Waals surface area (Å²) in [6, 6.07) is 18.9. The maximum absolute atomic E-state index is 4.46. The molecule has 0 atom stereocenters. The van der Waals surface area contributed by atoms with Gasteiger partial charge in [-0.15, -0.1) is 0 Å². The normalized spacial score (nSPS) is 10.6. The molecule has 0 aliphatic heterocycles. The standard InChI is InChI=1S/C17H16N2/c1-13-10-14(2)12-16(11-13)19-17(8-9-18-19)15-6-4-3-5-7-15/h3-12H,1-2H3. The molecule has 19 heavy (non-hydrogen) atoms. The van der Waals surface area contributed by atoms with Crippen molar-refractivity contribution in [3.63, 3.8) is 0 Å². The highest BCUT2D eigenvalue weighted by atomic mass is 15.3. The average Bonchev–Trinajstić information content (AvgIpc) is 2.88. The van der Waals surface area contributed by atoms with Gasteiger partial charge >= 0.3 is 0 Å². The monoisotopic (exact) mass is 248 g/mol. The van der Waals surface area contributed by atoms with Crippen LogP contribution in [0.4, 0.5) is 0 Å². The molecular formula is C17H16N2. The Labute approximate surface area is 113 Å². The summed E-state index contributed by atoms with van der Waals surface area (Å²) < 4.78 is 2.00. The lowest BCUT2D eigenvalue weighted by Gasteiger charge is -2.09. The summed E-state index contributed by atoms with van der Waals surface area (Å²) in [7, 11) is 0. The minimum atomic E-state index is 1.11. The third-order valence-corrected chi connectivity index (χ3v) is 3.16. The first kappa shape index (κ1) is 11.7. The van der Waals surface area contributed by atoms with E-state index < -0.39 is 0 Å². The van der Waals surface area contributed by atoms with E-state index in [-0.39, 0.29) is 0 Å². The Morgan fingerprint density at radius 2 is 1.53 bits per heavy atom. The van der Waals surface area contributed by atoms with E-state index in [1.54, 1.807) is 0 Å². The number of hydrogen-bond donors (Lipinski definition) is 0. The Balaban J connectivity index is 2.15. The first-order valence-electron chi connectivity index (χ1n) is 6.42. The third kappa shape index (κ3) is 2.29. The molecule has 0 saturated heterocycles. The SMILES string of the molecule is Cc1cc(C)cc(-n2nccc2-c2ccccc2)c1. The zero-order chi connectivity index (χ0) is 13.2. The van der Waals surface area contributed by atoms with Gasteiger partial charge in [-0.3, -0.25) is 0 Å². The molecule has 0 N–H and O–H groups in total. The van der Waals surface area contributed by atoms with Crippen molar-refractivity contribution in [3.8, 4) is 16.9 Å². The summed E-state index contributed by atoms with van der Waals surface area (Å²) in [6.07, 6.45) is 1.85. The largest absolute Gasteiger partial charge is 0.233 e. The lowest BCUT2D eigenvalue weighted by Crippen LogP contribution is -1.99. The molecule has 0 amide bonds. The number of aromatic nitrogens is 2.